The second-order valence-electron chi connectivity index (χ2n) is 8.39. The third-order valence-electron chi connectivity index (χ3n) is 5.70. The van der Waals surface area contributed by atoms with Gasteiger partial charge >= 0.3 is 6.18 Å². The highest BCUT2D eigenvalue weighted by Gasteiger charge is 2.42. The van der Waals surface area contributed by atoms with E-state index in [1.807, 2.05) is 55.4 Å². The average molecular weight is 377 g/mol. The molecule has 0 heterocycles. The molecule has 0 aliphatic heterocycles. The van der Waals surface area contributed by atoms with E-state index < -0.39 is 12.1 Å². The minimum absolute atomic E-state index is 0.184. The van der Waals surface area contributed by atoms with Gasteiger partial charge in [-0.1, -0.05) is 52.0 Å². The lowest BCUT2D eigenvalue weighted by Crippen LogP contribution is -2.23. The van der Waals surface area contributed by atoms with E-state index in [1.54, 1.807) is 24.3 Å². The van der Waals surface area contributed by atoms with Crippen LogP contribution in [0.4, 0.5) is 13.2 Å². The highest BCUT2D eigenvalue weighted by molar-refractivity contribution is 5.48. The maximum Gasteiger partial charge on any atom is 0.399 e. The van der Waals surface area contributed by atoms with Crippen LogP contribution >= 0.6 is 0 Å². The Morgan fingerprint density at radius 3 is 1.22 bits per heavy atom. The van der Waals surface area contributed by atoms with E-state index >= 15 is 0 Å². The molecule has 0 unspecified atom stereocenters. The average Bonchev–Trinajstić information content (AvgIpc) is 2.52. The van der Waals surface area contributed by atoms with Crippen molar-refractivity contribution >= 4 is 0 Å². The zero-order chi connectivity index (χ0) is 20.7. The first-order valence-electron chi connectivity index (χ1n) is 9.63. The molecule has 0 aromatic heterocycles. The van der Waals surface area contributed by atoms with Crippen LogP contribution in [-0.2, 0) is 0 Å². The molecule has 0 amide bonds. The smallest absolute Gasteiger partial charge is 0.170 e. The largest absolute Gasteiger partial charge is 0.399 e. The highest BCUT2D eigenvalue weighted by Crippen LogP contribution is 2.43. The number of benzene rings is 2. The molecular weight excluding hydrogens is 345 g/mol. The molecule has 2 rings (SSSR count). The number of hydrogen-bond acceptors (Lipinski definition) is 0. The van der Waals surface area contributed by atoms with Crippen molar-refractivity contribution < 1.29 is 13.2 Å². The predicted molar refractivity (Wildman–Crippen MR) is 108 cm³/mol. The summed E-state index contributed by atoms with van der Waals surface area (Å²) in [4.78, 5) is 0. The molecule has 0 saturated carbocycles. The molecule has 0 aliphatic rings. The van der Waals surface area contributed by atoms with Gasteiger partial charge in [0.25, 0.3) is 0 Å². The van der Waals surface area contributed by atoms with Gasteiger partial charge in [-0.15, -0.1) is 0 Å². The van der Waals surface area contributed by atoms with Crippen LogP contribution in [-0.4, -0.2) is 6.18 Å². The van der Waals surface area contributed by atoms with Crippen LogP contribution < -0.4 is 0 Å². The molecule has 27 heavy (non-hydrogen) atoms. The Morgan fingerprint density at radius 2 is 0.963 bits per heavy atom. The summed E-state index contributed by atoms with van der Waals surface area (Å²) >= 11 is 0. The fraction of sp³-hybridized carbons (Fsp3) is 0.500. The third kappa shape index (κ3) is 4.39. The van der Waals surface area contributed by atoms with Gasteiger partial charge in [-0.2, -0.15) is 13.2 Å². The molecule has 0 aliphatic carbocycles. The van der Waals surface area contributed by atoms with Crippen molar-refractivity contribution in [3.63, 3.8) is 0 Å². The van der Waals surface area contributed by atoms with Crippen molar-refractivity contribution in [2.24, 2.45) is 0 Å². The van der Waals surface area contributed by atoms with Gasteiger partial charge in [0.05, 0.1) is 0 Å². The topological polar surface area (TPSA) is 0 Å². The maximum absolute atomic E-state index is 14.2. The number of hydrogen-bond donors (Lipinski definition) is 0. The third-order valence-corrected chi connectivity index (χ3v) is 5.70. The Balaban J connectivity index is 2.76. The molecule has 0 radical (unpaired) electrons. The Morgan fingerprint density at radius 1 is 0.630 bits per heavy atom. The van der Waals surface area contributed by atoms with E-state index in [0.717, 1.165) is 33.4 Å². The molecule has 148 valence electrons. The monoisotopic (exact) mass is 376 g/mol. The minimum Gasteiger partial charge on any atom is -0.170 e. The molecule has 0 N–H and O–H groups in total. The summed E-state index contributed by atoms with van der Waals surface area (Å²) in [6, 6.07) is 6.94. The lowest BCUT2D eigenvalue weighted by molar-refractivity contribution is -0.141. The molecule has 0 nitrogen and oxygen atoms in total. The molecule has 0 saturated heterocycles. The van der Waals surface area contributed by atoms with Crippen molar-refractivity contribution in [3.05, 3.63) is 68.8 Å². The van der Waals surface area contributed by atoms with Crippen molar-refractivity contribution in [2.45, 2.75) is 79.3 Å². The predicted octanol–water partition coefficient (Wildman–Crippen LogP) is 7.86. The van der Waals surface area contributed by atoms with Crippen LogP contribution in [0.15, 0.2) is 24.3 Å². The van der Waals surface area contributed by atoms with Gasteiger partial charge in [-0.05, 0) is 84.0 Å². The van der Waals surface area contributed by atoms with E-state index in [1.165, 1.54) is 0 Å². The van der Waals surface area contributed by atoms with Crippen LogP contribution in [0, 0.1) is 27.7 Å². The van der Waals surface area contributed by atoms with Crippen LogP contribution in [0.3, 0.4) is 0 Å². The van der Waals surface area contributed by atoms with Crippen molar-refractivity contribution in [2.75, 3.05) is 0 Å². The minimum atomic E-state index is -4.34. The van der Waals surface area contributed by atoms with Crippen LogP contribution in [0.5, 0.6) is 0 Å². The summed E-state index contributed by atoms with van der Waals surface area (Å²) in [7, 11) is 0. The second-order valence-corrected chi connectivity index (χ2v) is 8.39. The summed E-state index contributed by atoms with van der Waals surface area (Å²) in [6.07, 6.45) is -4.34. The quantitative estimate of drug-likeness (QED) is 0.509. The summed E-state index contributed by atoms with van der Waals surface area (Å²) in [5.74, 6) is -1.24. The second kappa shape index (κ2) is 7.69. The van der Waals surface area contributed by atoms with Gasteiger partial charge in [0, 0.05) is 0 Å². The van der Waals surface area contributed by atoms with E-state index in [2.05, 4.69) is 0 Å². The van der Waals surface area contributed by atoms with Gasteiger partial charge in [0.15, 0.2) is 0 Å². The number of alkyl halides is 3. The first kappa shape index (κ1) is 21.5. The normalized spacial score (nSPS) is 12.5. The maximum atomic E-state index is 14.2. The van der Waals surface area contributed by atoms with Crippen LogP contribution in [0.2, 0.25) is 0 Å². The zero-order valence-electron chi connectivity index (χ0n) is 17.7. The Bertz CT molecular complexity index is 763. The van der Waals surface area contributed by atoms with E-state index in [9.17, 15) is 13.2 Å². The molecular formula is C24H31F3. The lowest BCUT2D eigenvalue weighted by atomic mass is 9.82. The van der Waals surface area contributed by atoms with Gasteiger partial charge in [-0.25, -0.2) is 0 Å². The van der Waals surface area contributed by atoms with Crippen LogP contribution in [0.1, 0.15) is 90.0 Å². The standard InChI is InChI=1S/C24H31F3/c1-13(2)21-11-19(9-15(5)17(21)7)23(24(25,26)27)20-10-16(6)18(8)22(12-20)14(3)4/h9-14,23H,1-8H3. The SMILES string of the molecule is Cc1cc(C(c2cc(C)c(C)c(C(C)C)c2)C(F)(F)F)cc(C(C)C)c1C. The van der Waals surface area contributed by atoms with E-state index in [-0.39, 0.29) is 11.8 Å². The first-order chi connectivity index (χ1) is 12.3. The highest BCUT2D eigenvalue weighted by atomic mass is 19.4. The van der Waals surface area contributed by atoms with Gasteiger partial charge in [-0.3, -0.25) is 0 Å². The molecule has 3 heteroatoms. The van der Waals surface area contributed by atoms with Crippen LogP contribution in [0.25, 0.3) is 0 Å². The summed E-state index contributed by atoms with van der Waals surface area (Å²) in [5.41, 5.74) is 6.66. The lowest BCUT2D eigenvalue weighted by Gasteiger charge is -2.26. The first-order valence-corrected chi connectivity index (χ1v) is 9.63. The Labute approximate surface area is 161 Å². The molecule has 2 aromatic carbocycles. The summed E-state index contributed by atoms with van der Waals surface area (Å²) in [6.45, 7) is 15.9. The van der Waals surface area contributed by atoms with Gasteiger partial charge < -0.3 is 0 Å². The zero-order valence-corrected chi connectivity index (χ0v) is 17.7. The fourth-order valence-electron chi connectivity index (χ4n) is 3.93. The fourth-order valence-corrected chi connectivity index (χ4v) is 3.93. The van der Waals surface area contributed by atoms with Crippen molar-refractivity contribution in [1.82, 2.24) is 0 Å². The van der Waals surface area contributed by atoms with Gasteiger partial charge in [0.2, 0.25) is 0 Å². The summed E-state index contributed by atoms with van der Waals surface area (Å²) in [5, 5.41) is 0. The molecule has 0 fully saturated rings. The molecule has 0 spiro atoms. The molecule has 0 bridgehead atoms. The van der Waals surface area contributed by atoms with E-state index in [4.69, 9.17) is 0 Å². The molecule has 2 aromatic rings. The van der Waals surface area contributed by atoms with E-state index in [0.29, 0.717) is 11.1 Å². The Kier molecular flexibility index (Phi) is 6.13. The number of rotatable bonds is 4. The number of aryl methyl sites for hydroxylation is 2. The van der Waals surface area contributed by atoms with Crippen molar-refractivity contribution in [3.8, 4) is 0 Å². The Hall–Kier alpha value is -1.77. The summed E-state index contributed by atoms with van der Waals surface area (Å²) < 4.78 is 42.7. The number of halogens is 3. The van der Waals surface area contributed by atoms with Crippen molar-refractivity contribution in [1.29, 1.82) is 0 Å². The molecule has 0 atom stereocenters. The van der Waals surface area contributed by atoms with Gasteiger partial charge in [0.1, 0.15) is 5.92 Å².